The summed E-state index contributed by atoms with van der Waals surface area (Å²) in [4.78, 5) is 0. The molecule has 0 bridgehead atoms. The molecule has 0 aliphatic heterocycles. The summed E-state index contributed by atoms with van der Waals surface area (Å²) in [5.74, 6) is 0.591. The molecular weight excluding hydrogens is 313 g/mol. The third-order valence-electron chi connectivity index (χ3n) is 2.55. The summed E-state index contributed by atoms with van der Waals surface area (Å²) in [6, 6.07) is 3.71. The monoisotopic (exact) mass is 329 g/mol. The van der Waals surface area contributed by atoms with Crippen molar-refractivity contribution in [2.24, 2.45) is 5.41 Å². The molecule has 6 heteroatoms. The average Bonchev–Trinajstić information content (AvgIpc) is 2.70. The number of alkyl halides is 1. The number of benzene rings is 1. The fourth-order valence-corrected chi connectivity index (χ4v) is 2.34. The topological polar surface area (TPSA) is 39.9 Å². The Labute approximate surface area is 120 Å². The van der Waals surface area contributed by atoms with Crippen LogP contribution in [0.2, 0.25) is 0 Å². The van der Waals surface area contributed by atoms with Gasteiger partial charge in [0, 0.05) is 6.54 Å². The van der Waals surface area contributed by atoms with Crippen molar-refractivity contribution in [3.05, 3.63) is 16.6 Å². The standard InChI is InChI=1S/C13H17BrFN3O/c1-13(2,3)8-18-9-4-5-10(19-7-6-15)11(14)12(9)16-17-18/h4-5H,6-8H2,1-3H3. The maximum Gasteiger partial charge on any atom is 0.136 e. The molecule has 2 aromatic rings. The van der Waals surface area contributed by atoms with Gasteiger partial charge in [-0.3, -0.25) is 0 Å². The molecule has 0 aliphatic carbocycles. The first-order valence-corrected chi connectivity index (χ1v) is 6.92. The molecule has 19 heavy (non-hydrogen) atoms. The number of ether oxygens (including phenoxy) is 1. The zero-order chi connectivity index (χ0) is 14.0. The summed E-state index contributed by atoms with van der Waals surface area (Å²) in [7, 11) is 0. The van der Waals surface area contributed by atoms with Crippen molar-refractivity contribution < 1.29 is 9.13 Å². The summed E-state index contributed by atoms with van der Waals surface area (Å²) in [6.45, 7) is 6.75. The number of hydrogen-bond donors (Lipinski definition) is 0. The van der Waals surface area contributed by atoms with Gasteiger partial charge in [0.2, 0.25) is 0 Å². The molecule has 0 unspecified atom stereocenters. The van der Waals surface area contributed by atoms with E-state index in [1.807, 2.05) is 16.8 Å². The molecule has 1 heterocycles. The van der Waals surface area contributed by atoms with Crippen LogP contribution < -0.4 is 4.74 Å². The molecular formula is C13H17BrFN3O. The van der Waals surface area contributed by atoms with E-state index in [9.17, 15) is 4.39 Å². The molecule has 0 N–H and O–H groups in total. The molecule has 0 spiro atoms. The Morgan fingerprint density at radius 2 is 2.11 bits per heavy atom. The van der Waals surface area contributed by atoms with E-state index in [1.54, 1.807) is 0 Å². The van der Waals surface area contributed by atoms with Crippen LogP contribution in [-0.2, 0) is 6.54 Å². The number of aromatic nitrogens is 3. The third kappa shape index (κ3) is 3.23. The maximum absolute atomic E-state index is 12.1. The van der Waals surface area contributed by atoms with Crippen LogP contribution in [-0.4, -0.2) is 28.3 Å². The second-order valence-corrected chi connectivity index (χ2v) is 6.38. The SMILES string of the molecule is CC(C)(C)Cn1nnc2c(Br)c(OCCF)ccc21. The van der Waals surface area contributed by atoms with Gasteiger partial charge in [-0.05, 0) is 33.5 Å². The van der Waals surface area contributed by atoms with Gasteiger partial charge in [0.15, 0.2) is 0 Å². The first-order chi connectivity index (χ1) is 8.92. The second-order valence-electron chi connectivity index (χ2n) is 5.59. The van der Waals surface area contributed by atoms with Gasteiger partial charge in [-0.2, -0.15) is 0 Å². The molecule has 0 fully saturated rings. The van der Waals surface area contributed by atoms with E-state index >= 15 is 0 Å². The van der Waals surface area contributed by atoms with Crippen LogP contribution in [0.5, 0.6) is 5.75 Å². The Hall–Kier alpha value is -1.17. The molecule has 0 amide bonds. The molecule has 0 atom stereocenters. The Balaban J connectivity index is 2.38. The van der Waals surface area contributed by atoms with Crippen LogP contribution in [0.3, 0.4) is 0 Å². The Kier molecular flexibility index (Phi) is 4.08. The van der Waals surface area contributed by atoms with Crippen molar-refractivity contribution in [3.8, 4) is 5.75 Å². The van der Waals surface area contributed by atoms with Gasteiger partial charge in [-0.15, -0.1) is 5.10 Å². The maximum atomic E-state index is 12.1. The van der Waals surface area contributed by atoms with E-state index in [2.05, 4.69) is 47.0 Å². The van der Waals surface area contributed by atoms with Gasteiger partial charge in [-0.1, -0.05) is 26.0 Å². The summed E-state index contributed by atoms with van der Waals surface area (Å²) in [5, 5.41) is 8.33. The summed E-state index contributed by atoms with van der Waals surface area (Å²) < 4.78 is 20.0. The number of nitrogens with zero attached hydrogens (tertiary/aromatic N) is 3. The minimum Gasteiger partial charge on any atom is -0.490 e. The minimum atomic E-state index is -0.513. The Morgan fingerprint density at radius 3 is 2.74 bits per heavy atom. The quantitative estimate of drug-likeness (QED) is 0.860. The van der Waals surface area contributed by atoms with Crippen molar-refractivity contribution in [1.29, 1.82) is 0 Å². The first-order valence-electron chi connectivity index (χ1n) is 6.13. The average molecular weight is 330 g/mol. The van der Waals surface area contributed by atoms with Crippen molar-refractivity contribution in [3.63, 3.8) is 0 Å². The highest BCUT2D eigenvalue weighted by atomic mass is 79.9. The van der Waals surface area contributed by atoms with Gasteiger partial charge in [0.1, 0.15) is 24.5 Å². The van der Waals surface area contributed by atoms with Crippen LogP contribution in [0.15, 0.2) is 16.6 Å². The molecule has 2 rings (SSSR count). The van der Waals surface area contributed by atoms with Crippen LogP contribution >= 0.6 is 15.9 Å². The van der Waals surface area contributed by atoms with Gasteiger partial charge < -0.3 is 4.74 Å². The van der Waals surface area contributed by atoms with Crippen molar-refractivity contribution in [2.75, 3.05) is 13.3 Å². The first kappa shape index (κ1) is 14.2. The van der Waals surface area contributed by atoms with E-state index < -0.39 is 6.67 Å². The third-order valence-corrected chi connectivity index (χ3v) is 3.32. The number of rotatable bonds is 4. The largest absolute Gasteiger partial charge is 0.490 e. The van der Waals surface area contributed by atoms with E-state index in [-0.39, 0.29) is 12.0 Å². The number of halogens is 2. The molecule has 0 saturated carbocycles. The van der Waals surface area contributed by atoms with Gasteiger partial charge in [-0.25, -0.2) is 9.07 Å². The molecule has 1 aromatic heterocycles. The number of fused-ring (bicyclic) bond motifs is 1. The zero-order valence-electron chi connectivity index (χ0n) is 11.3. The van der Waals surface area contributed by atoms with E-state index in [0.29, 0.717) is 5.75 Å². The lowest BCUT2D eigenvalue weighted by molar-refractivity contribution is 0.272. The van der Waals surface area contributed by atoms with Crippen molar-refractivity contribution in [2.45, 2.75) is 27.3 Å². The fraction of sp³-hybridized carbons (Fsp3) is 0.538. The number of hydrogen-bond acceptors (Lipinski definition) is 3. The normalized spacial score (nSPS) is 12.1. The van der Waals surface area contributed by atoms with E-state index in [0.717, 1.165) is 22.1 Å². The van der Waals surface area contributed by atoms with Crippen molar-refractivity contribution in [1.82, 2.24) is 15.0 Å². The van der Waals surface area contributed by atoms with Crippen LogP contribution in [0, 0.1) is 5.41 Å². The predicted molar refractivity (Wildman–Crippen MR) is 76.2 cm³/mol. The van der Waals surface area contributed by atoms with Crippen LogP contribution in [0.25, 0.3) is 11.0 Å². The van der Waals surface area contributed by atoms with Crippen molar-refractivity contribution >= 4 is 27.0 Å². The molecule has 4 nitrogen and oxygen atoms in total. The highest BCUT2D eigenvalue weighted by Gasteiger charge is 2.17. The lowest BCUT2D eigenvalue weighted by atomic mass is 9.97. The van der Waals surface area contributed by atoms with Crippen LogP contribution in [0.4, 0.5) is 4.39 Å². The second kappa shape index (κ2) is 5.45. The zero-order valence-corrected chi connectivity index (χ0v) is 12.9. The molecule has 0 radical (unpaired) electrons. The summed E-state index contributed by atoms with van der Waals surface area (Å²) in [6.07, 6.45) is 0. The Morgan fingerprint density at radius 1 is 1.37 bits per heavy atom. The molecule has 0 aliphatic rings. The fourth-order valence-electron chi connectivity index (χ4n) is 1.81. The van der Waals surface area contributed by atoms with Gasteiger partial charge in [0.25, 0.3) is 0 Å². The highest BCUT2D eigenvalue weighted by molar-refractivity contribution is 9.10. The highest BCUT2D eigenvalue weighted by Crippen LogP contribution is 2.32. The van der Waals surface area contributed by atoms with Gasteiger partial charge >= 0.3 is 0 Å². The smallest absolute Gasteiger partial charge is 0.136 e. The van der Waals surface area contributed by atoms with Crippen LogP contribution in [0.1, 0.15) is 20.8 Å². The molecule has 104 valence electrons. The van der Waals surface area contributed by atoms with E-state index in [1.165, 1.54) is 0 Å². The molecule has 1 aromatic carbocycles. The van der Waals surface area contributed by atoms with Gasteiger partial charge in [0.05, 0.1) is 9.99 Å². The lowest BCUT2D eigenvalue weighted by Crippen LogP contribution is -2.16. The summed E-state index contributed by atoms with van der Waals surface area (Å²) in [5.41, 5.74) is 1.80. The van der Waals surface area contributed by atoms with E-state index in [4.69, 9.17) is 4.74 Å². The Bertz CT molecular complexity index is 577. The molecule has 0 saturated heterocycles. The lowest BCUT2D eigenvalue weighted by Gasteiger charge is -2.17. The minimum absolute atomic E-state index is 0.0419. The predicted octanol–water partition coefficient (Wildman–Crippen LogP) is 3.59. The summed E-state index contributed by atoms with van der Waals surface area (Å²) >= 11 is 3.44.